The van der Waals surface area contributed by atoms with Crippen molar-refractivity contribution in [3.63, 3.8) is 0 Å². The van der Waals surface area contributed by atoms with Crippen LogP contribution in [0.3, 0.4) is 0 Å². The van der Waals surface area contributed by atoms with Crippen molar-refractivity contribution < 1.29 is 14.7 Å². The molecule has 1 saturated heterocycles. The molecule has 2 rings (SSSR count). The fourth-order valence-electron chi connectivity index (χ4n) is 2.95. The summed E-state index contributed by atoms with van der Waals surface area (Å²) in [6.07, 6.45) is 0.624. The topological polar surface area (TPSA) is 69.6 Å². The normalized spacial score (nSPS) is 21.8. The predicted molar refractivity (Wildman–Crippen MR) is 90.6 cm³/mol. The summed E-state index contributed by atoms with van der Waals surface area (Å²) in [4.78, 5) is 25.2. The van der Waals surface area contributed by atoms with Crippen molar-refractivity contribution in [1.29, 1.82) is 0 Å². The van der Waals surface area contributed by atoms with Gasteiger partial charge in [0.1, 0.15) is 0 Å². The molecule has 2 unspecified atom stereocenters. The molecule has 1 aliphatic heterocycles. The average Bonchev–Trinajstić information content (AvgIpc) is 2.46. The fraction of sp³-hybridized carbons (Fsp3) is 0.556. The van der Waals surface area contributed by atoms with Crippen molar-refractivity contribution in [1.82, 2.24) is 4.90 Å². The van der Waals surface area contributed by atoms with Gasteiger partial charge in [-0.1, -0.05) is 39.8 Å². The summed E-state index contributed by atoms with van der Waals surface area (Å²) in [7, 11) is 0. The van der Waals surface area contributed by atoms with E-state index >= 15 is 0 Å². The molecule has 23 heavy (non-hydrogen) atoms. The second kappa shape index (κ2) is 6.60. The number of piperidine rings is 1. The molecular formula is C18H26N2O3. The number of benzene rings is 1. The molecule has 0 aromatic heterocycles. The monoisotopic (exact) mass is 318 g/mol. The summed E-state index contributed by atoms with van der Waals surface area (Å²) in [5.74, 6) is -1.12. The van der Waals surface area contributed by atoms with Crippen LogP contribution < -0.4 is 5.32 Å². The molecule has 0 aliphatic carbocycles. The second-order valence-electron chi connectivity index (χ2n) is 7.54. The largest absolute Gasteiger partial charge is 0.481 e. The van der Waals surface area contributed by atoms with Gasteiger partial charge in [0, 0.05) is 18.8 Å². The van der Waals surface area contributed by atoms with Crippen LogP contribution in [0.5, 0.6) is 0 Å². The van der Waals surface area contributed by atoms with E-state index in [9.17, 15) is 14.7 Å². The van der Waals surface area contributed by atoms with E-state index in [1.54, 1.807) is 4.90 Å². The summed E-state index contributed by atoms with van der Waals surface area (Å²) >= 11 is 0. The van der Waals surface area contributed by atoms with Crippen LogP contribution in [0.15, 0.2) is 24.3 Å². The van der Waals surface area contributed by atoms with Crippen LogP contribution in [0.2, 0.25) is 0 Å². The summed E-state index contributed by atoms with van der Waals surface area (Å²) < 4.78 is 0. The number of hydrogen-bond acceptors (Lipinski definition) is 2. The van der Waals surface area contributed by atoms with Crippen molar-refractivity contribution in [2.45, 2.75) is 39.5 Å². The first-order valence-corrected chi connectivity index (χ1v) is 8.06. The zero-order valence-electron chi connectivity index (χ0n) is 14.3. The van der Waals surface area contributed by atoms with Crippen molar-refractivity contribution in [2.75, 3.05) is 18.4 Å². The number of nitrogens with one attached hydrogen (secondary N) is 1. The fourth-order valence-corrected chi connectivity index (χ4v) is 2.95. The SMILES string of the molecule is CC1CC(C(=O)O)CN(C(=O)Nc2ccc(C(C)(C)C)cc2)C1. The molecular weight excluding hydrogens is 292 g/mol. The number of amides is 2. The number of carboxylic acids is 1. The first-order chi connectivity index (χ1) is 10.7. The standard InChI is InChI=1S/C18H26N2O3/c1-12-9-13(16(21)22)11-20(10-12)17(23)19-15-7-5-14(6-8-15)18(2,3)4/h5-8,12-13H,9-11H2,1-4H3,(H,19,23)(H,21,22). The minimum atomic E-state index is -0.830. The zero-order valence-corrected chi connectivity index (χ0v) is 14.3. The molecule has 1 aliphatic rings. The number of urea groups is 1. The van der Waals surface area contributed by atoms with Gasteiger partial charge in [0.25, 0.3) is 0 Å². The number of rotatable bonds is 2. The Labute approximate surface area is 137 Å². The Morgan fingerprint density at radius 1 is 1.17 bits per heavy atom. The highest BCUT2D eigenvalue weighted by Gasteiger charge is 2.31. The molecule has 126 valence electrons. The van der Waals surface area contributed by atoms with Gasteiger partial charge < -0.3 is 15.3 Å². The maximum Gasteiger partial charge on any atom is 0.321 e. The van der Waals surface area contributed by atoms with Gasteiger partial charge in [0.2, 0.25) is 0 Å². The third kappa shape index (κ3) is 4.47. The predicted octanol–water partition coefficient (Wildman–Crippen LogP) is 3.56. The number of carboxylic acid groups (broad SMARTS) is 1. The molecule has 5 nitrogen and oxygen atoms in total. The summed E-state index contributed by atoms with van der Waals surface area (Å²) in [5.41, 5.74) is 2.00. The lowest BCUT2D eigenvalue weighted by Gasteiger charge is -2.34. The van der Waals surface area contributed by atoms with E-state index in [0.717, 1.165) is 5.69 Å². The van der Waals surface area contributed by atoms with Crippen molar-refractivity contribution in [3.05, 3.63) is 29.8 Å². The van der Waals surface area contributed by atoms with E-state index in [4.69, 9.17) is 0 Å². The van der Waals surface area contributed by atoms with Crippen LogP contribution in [0, 0.1) is 11.8 Å². The lowest BCUT2D eigenvalue weighted by atomic mass is 9.87. The Morgan fingerprint density at radius 3 is 2.30 bits per heavy atom. The minimum Gasteiger partial charge on any atom is -0.481 e. The highest BCUT2D eigenvalue weighted by molar-refractivity contribution is 5.89. The van der Waals surface area contributed by atoms with Gasteiger partial charge in [-0.3, -0.25) is 4.79 Å². The maximum atomic E-state index is 12.4. The molecule has 0 bridgehead atoms. The highest BCUT2D eigenvalue weighted by atomic mass is 16.4. The molecule has 0 saturated carbocycles. The Bertz CT molecular complexity index is 575. The summed E-state index contributed by atoms with van der Waals surface area (Å²) in [5, 5.41) is 12.1. The molecule has 1 heterocycles. The average molecular weight is 318 g/mol. The third-order valence-corrected chi connectivity index (χ3v) is 4.30. The quantitative estimate of drug-likeness (QED) is 0.876. The van der Waals surface area contributed by atoms with Crippen LogP contribution in [-0.2, 0) is 10.2 Å². The second-order valence-corrected chi connectivity index (χ2v) is 7.54. The van der Waals surface area contributed by atoms with E-state index in [1.807, 2.05) is 31.2 Å². The van der Waals surface area contributed by atoms with E-state index in [1.165, 1.54) is 5.56 Å². The van der Waals surface area contributed by atoms with Crippen molar-refractivity contribution in [2.24, 2.45) is 11.8 Å². The van der Waals surface area contributed by atoms with E-state index in [0.29, 0.717) is 13.0 Å². The first-order valence-electron chi connectivity index (χ1n) is 8.06. The van der Waals surface area contributed by atoms with Crippen LogP contribution in [0.25, 0.3) is 0 Å². The molecule has 2 amide bonds. The molecule has 0 spiro atoms. The number of nitrogens with zero attached hydrogens (tertiary/aromatic N) is 1. The molecule has 2 atom stereocenters. The Kier molecular flexibility index (Phi) is 4.97. The van der Waals surface area contributed by atoms with Gasteiger partial charge in [0.15, 0.2) is 0 Å². The number of carbonyl (C=O) groups excluding carboxylic acids is 1. The Morgan fingerprint density at radius 2 is 1.78 bits per heavy atom. The molecule has 1 aromatic rings. The lowest BCUT2D eigenvalue weighted by Crippen LogP contribution is -2.47. The van der Waals surface area contributed by atoms with Gasteiger partial charge in [-0.2, -0.15) is 0 Å². The zero-order chi connectivity index (χ0) is 17.2. The van der Waals surface area contributed by atoms with Crippen molar-refractivity contribution >= 4 is 17.7 Å². The van der Waals surface area contributed by atoms with Gasteiger partial charge in [-0.25, -0.2) is 4.79 Å². The summed E-state index contributed by atoms with van der Waals surface area (Å²) in [6, 6.07) is 7.57. The van der Waals surface area contributed by atoms with Crippen LogP contribution >= 0.6 is 0 Å². The van der Waals surface area contributed by atoms with E-state index in [2.05, 4.69) is 26.1 Å². The van der Waals surface area contributed by atoms with Gasteiger partial charge >= 0.3 is 12.0 Å². The van der Waals surface area contributed by atoms with E-state index < -0.39 is 11.9 Å². The molecule has 5 heteroatoms. The number of anilines is 1. The van der Waals surface area contributed by atoms with E-state index in [-0.39, 0.29) is 23.9 Å². The first kappa shape index (κ1) is 17.3. The number of aliphatic carboxylic acids is 1. The molecule has 0 radical (unpaired) electrons. The minimum absolute atomic E-state index is 0.0690. The smallest absolute Gasteiger partial charge is 0.321 e. The van der Waals surface area contributed by atoms with Gasteiger partial charge in [-0.05, 0) is 35.4 Å². The molecule has 1 aromatic carbocycles. The van der Waals surface area contributed by atoms with Crippen LogP contribution in [0.4, 0.5) is 10.5 Å². The Hall–Kier alpha value is -2.04. The van der Waals surface area contributed by atoms with Crippen molar-refractivity contribution in [3.8, 4) is 0 Å². The highest BCUT2D eigenvalue weighted by Crippen LogP contribution is 2.25. The maximum absolute atomic E-state index is 12.4. The van der Waals surface area contributed by atoms with Crippen LogP contribution in [0.1, 0.15) is 39.7 Å². The number of likely N-dealkylation sites (tertiary alicyclic amines) is 1. The molecule has 2 N–H and O–H groups in total. The van der Waals surface area contributed by atoms with Gasteiger partial charge in [-0.15, -0.1) is 0 Å². The lowest BCUT2D eigenvalue weighted by molar-refractivity contribution is -0.143. The number of carbonyl (C=O) groups is 2. The summed E-state index contributed by atoms with van der Waals surface area (Å²) in [6.45, 7) is 9.26. The molecule has 1 fully saturated rings. The number of hydrogen-bond donors (Lipinski definition) is 2. The van der Waals surface area contributed by atoms with Crippen LogP contribution in [-0.4, -0.2) is 35.1 Å². The van der Waals surface area contributed by atoms with Gasteiger partial charge in [0.05, 0.1) is 5.92 Å². The Balaban J connectivity index is 2.02. The third-order valence-electron chi connectivity index (χ3n) is 4.30.